The van der Waals surface area contributed by atoms with Crippen molar-refractivity contribution in [1.82, 2.24) is 25.3 Å². The minimum atomic E-state index is -0.524. The molecule has 1 aliphatic carbocycles. The number of nitrogens with two attached hydrogens (primary N) is 1. The van der Waals surface area contributed by atoms with E-state index >= 15 is 0 Å². The normalized spacial score (nSPS) is 25.3. The number of nitriles is 1. The Morgan fingerprint density at radius 3 is 2.90 bits per heavy atom. The van der Waals surface area contributed by atoms with Crippen LogP contribution in [-0.4, -0.2) is 71.4 Å². The predicted octanol–water partition coefficient (Wildman–Crippen LogP) is 3.56. The molecule has 0 saturated carbocycles. The molecule has 3 N–H and O–H groups in total. The summed E-state index contributed by atoms with van der Waals surface area (Å²) in [7, 11) is 2.08. The summed E-state index contributed by atoms with van der Waals surface area (Å²) in [6.45, 7) is 7.79. The molecule has 41 heavy (non-hydrogen) atoms. The Morgan fingerprint density at radius 1 is 1.32 bits per heavy atom. The lowest BCUT2D eigenvalue weighted by Crippen LogP contribution is -2.50. The molecule has 3 aliphatic rings. The molecule has 4 atom stereocenters. The molecule has 2 aliphatic heterocycles. The van der Waals surface area contributed by atoms with Crippen LogP contribution in [0.25, 0.3) is 11.5 Å². The van der Waals surface area contributed by atoms with E-state index in [0.717, 1.165) is 74.5 Å². The van der Waals surface area contributed by atoms with Crippen molar-refractivity contribution in [2.24, 2.45) is 0 Å². The van der Waals surface area contributed by atoms with Gasteiger partial charge in [-0.2, -0.15) is 10.2 Å². The standard InChI is InChI=1S/C30H36N8O2S/c1-5-22(21-8-7-12-37(21)4)39-26-15-25(38-13-11-33-17-18(38)2)34-29(35-26)20-14-24(40-36-20)30(3)10-6-9-23-27(30)19(16-31)28(32)41-23/h1,14-15,18,21-22,33H,6-13,17,32H2,2-4H3/t18-,21+,22+,30-/m1/s1. The zero-order valence-electron chi connectivity index (χ0n) is 23.8. The first-order valence-electron chi connectivity index (χ1n) is 14.3. The fourth-order valence-corrected chi connectivity index (χ4v) is 7.76. The largest absolute Gasteiger partial charge is 0.459 e. The number of anilines is 2. The number of likely N-dealkylation sites (N-methyl/N-ethyl adjacent to an activating group) is 1. The topological polar surface area (TPSA) is 129 Å². The van der Waals surface area contributed by atoms with Gasteiger partial charge < -0.3 is 25.2 Å². The van der Waals surface area contributed by atoms with Crippen molar-refractivity contribution in [2.45, 2.75) is 69.6 Å². The Kier molecular flexibility index (Phi) is 7.37. The molecule has 0 unspecified atom stereocenters. The van der Waals surface area contributed by atoms with Gasteiger partial charge in [0.15, 0.2) is 17.6 Å². The third-order valence-electron chi connectivity index (χ3n) is 8.86. The smallest absolute Gasteiger partial charge is 0.220 e. The molecule has 3 aromatic heterocycles. The van der Waals surface area contributed by atoms with E-state index < -0.39 is 11.5 Å². The summed E-state index contributed by atoms with van der Waals surface area (Å²) < 4.78 is 12.4. The summed E-state index contributed by atoms with van der Waals surface area (Å²) in [5.41, 5.74) is 7.73. The van der Waals surface area contributed by atoms with Gasteiger partial charge in [0.1, 0.15) is 22.6 Å². The number of aryl methyl sites for hydroxylation is 1. The molecule has 6 rings (SSSR count). The van der Waals surface area contributed by atoms with Crippen molar-refractivity contribution in [2.75, 3.05) is 43.9 Å². The molecule has 0 radical (unpaired) electrons. The zero-order chi connectivity index (χ0) is 28.7. The average molecular weight is 573 g/mol. The maximum Gasteiger partial charge on any atom is 0.220 e. The van der Waals surface area contributed by atoms with Gasteiger partial charge in [0, 0.05) is 42.7 Å². The molecule has 2 saturated heterocycles. The Labute approximate surface area is 244 Å². The number of piperazine rings is 1. The van der Waals surface area contributed by atoms with Gasteiger partial charge in [0.05, 0.1) is 17.0 Å². The number of rotatable bonds is 6. The fourth-order valence-electron chi connectivity index (χ4n) is 6.57. The summed E-state index contributed by atoms with van der Waals surface area (Å²) >= 11 is 1.50. The summed E-state index contributed by atoms with van der Waals surface area (Å²) in [4.78, 5) is 15.4. The monoisotopic (exact) mass is 572 g/mol. The second-order valence-corrected chi connectivity index (χ2v) is 12.7. The van der Waals surface area contributed by atoms with Gasteiger partial charge in [0.25, 0.3) is 0 Å². The van der Waals surface area contributed by atoms with Crippen LogP contribution < -0.4 is 20.7 Å². The van der Waals surface area contributed by atoms with Crippen LogP contribution in [0, 0.1) is 23.7 Å². The molecule has 11 heteroatoms. The zero-order valence-corrected chi connectivity index (χ0v) is 24.6. The van der Waals surface area contributed by atoms with Crippen molar-refractivity contribution < 1.29 is 9.26 Å². The van der Waals surface area contributed by atoms with Gasteiger partial charge in [-0.1, -0.05) is 11.1 Å². The highest BCUT2D eigenvalue weighted by molar-refractivity contribution is 7.16. The van der Waals surface area contributed by atoms with Gasteiger partial charge in [-0.05, 0) is 65.1 Å². The van der Waals surface area contributed by atoms with Gasteiger partial charge in [0.2, 0.25) is 5.88 Å². The maximum atomic E-state index is 9.89. The minimum Gasteiger partial charge on any atom is -0.459 e. The van der Waals surface area contributed by atoms with Crippen molar-refractivity contribution in [3.05, 3.63) is 33.9 Å². The highest BCUT2D eigenvalue weighted by Crippen LogP contribution is 2.49. The van der Waals surface area contributed by atoms with Crippen molar-refractivity contribution in [3.8, 4) is 35.8 Å². The lowest BCUT2D eigenvalue weighted by atomic mass is 9.71. The molecule has 0 amide bonds. The molecular formula is C30H36N8O2S. The van der Waals surface area contributed by atoms with Crippen LogP contribution in [0.4, 0.5) is 10.8 Å². The first kappa shape index (κ1) is 27.5. The van der Waals surface area contributed by atoms with E-state index in [2.05, 4.69) is 53.2 Å². The summed E-state index contributed by atoms with van der Waals surface area (Å²) in [6.07, 6.45) is 10.3. The molecular weight excluding hydrogens is 536 g/mol. The first-order valence-corrected chi connectivity index (χ1v) is 15.1. The highest BCUT2D eigenvalue weighted by atomic mass is 32.1. The second-order valence-electron chi connectivity index (χ2n) is 11.5. The van der Waals surface area contributed by atoms with E-state index in [1.807, 2.05) is 12.1 Å². The fraction of sp³-hybridized carbons (Fsp3) is 0.533. The number of nitrogens with one attached hydrogen (secondary N) is 1. The molecule has 214 valence electrons. The Bertz CT molecular complexity index is 1520. The van der Waals surface area contributed by atoms with E-state index in [0.29, 0.717) is 33.7 Å². The molecule has 0 spiro atoms. The quantitative estimate of drug-likeness (QED) is 0.423. The molecule has 3 aromatic rings. The number of nitrogens with zero attached hydrogens (tertiary/aromatic N) is 6. The Hall–Kier alpha value is -3.64. The SMILES string of the molecule is C#C[C@H](Oc1cc(N2CCNC[C@H]2C)nc(-c2cc([C@@]3(C)CCCc4sc(N)c(C#N)c43)on2)n1)[C@@H]1CCCN1C. The van der Waals surface area contributed by atoms with Crippen molar-refractivity contribution in [1.29, 1.82) is 5.26 Å². The Morgan fingerprint density at radius 2 is 2.17 bits per heavy atom. The summed E-state index contributed by atoms with van der Waals surface area (Å²) in [5.74, 6) is 5.12. The minimum absolute atomic E-state index is 0.131. The molecule has 5 heterocycles. The van der Waals surface area contributed by atoms with Crippen molar-refractivity contribution in [3.63, 3.8) is 0 Å². The van der Waals surface area contributed by atoms with E-state index in [9.17, 15) is 5.26 Å². The van der Waals surface area contributed by atoms with Crippen LogP contribution in [0.3, 0.4) is 0 Å². The number of hydrogen-bond donors (Lipinski definition) is 2. The lowest BCUT2D eigenvalue weighted by Gasteiger charge is -2.35. The van der Waals surface area contributed by atoms with E-state index in [4.69, 9.17) is 31.4 Å². The average Bonchev–Trinajstić information content (AvgIpc) is 3.71. The van der Waals surface area contributed by atoms with Crippen LogP contribution in [0.5, 0.6) is 5.88 Å². The molecule has 2 fully saturated rings. The maximum absolute atomic E-state index is 9.89. The lowest BCUT2D eigenvalue weighted by molar-refractivity contribution is 0.145. The molecule has 0 bridgehead atoms. The van der Waals surface area contributed by atoms with Gasteiger partial charge in [-0.3, -0.25) is 4.90 Å². The van der Waals surface area contributed by atoms with Crippen LogP contribution in [0.2, 0.25) is 0 Å². The number of nitrogen functional groups attached to an aromatic ring is 1. The third-order valence-corrected chi connectivity index (χ3v) is 9.94. The first-order chi connectivity index (χ1) is 19.8. The van der Waals surface area contributed by atoms with Gasteiger partial charge in [-0.15, -0.1) is 17.8 Å². The van der Waals surface area contributed by atoms with Crippen LogP contribution in [-0.2, 0) is 11.8 Å². The number of thiophene rings is 1. The number of fused-ring (bicyclic) bond motifs is 1. The number of terminal acetylenes is 1. The van der Waals surface area contributed by atoms with Crippen LogP contribution in [0.1, 0.15) is 61.3 Å². The number of hydrogen-bond acceptors (Lipinski definition) is 11. The van der Waals surface area contributed by atoms with E-state index in [1.165, 1.54) is 11.3 Å². The highest BCUT2D eigenvalue weighted by Gasteiger charge is 2.42. The van der Waals surface area contributed by atoms with Crippen LogP contribution >= 0.6 is 11.3 Å². The van der Waals surface area contributed by atoms with E-state index in [-0.39, 0.29) is 12.1 Å². The third kappa shape index (κ3) is 4.93. The van der Waals surface area contributed by atoms with Crippen LogP contribution in [0.15, 0.2) is 16.7 Å². The van der Waals surface area contributed by atoms with Gasteiger partial charge >= 0.3 is 0 Å². The number of likely N-dealkylation sites (tertiary alicyclic amines) is 1. The molecule has 0 aromatic carbocycles. The number of ether oxygens (including phenoxy) is 1. The second kappa shape index (κ2) is 11.0. The Balaban J connectivity index is 1.39. The molecule has 10 nitrogen and oxygen atoms in total. The summed E-state index contributed by atoms with van der Waals surface area (Å²) in [6, 6.07) is 6.48. The predicted molar refractivity (Wildman–Crippen MR) is 159 cm³/mol. The van der Waals surface area contributed by atoms with E-state index in [1.54, 1.807) is 0 Å². The summed E-state index contributed by atoms with van der Waals surface area (Å²) in [5, 5.41) is 18.3. The van der Waals surface area contributed by atoms with Gasteiger partial charge in [-0.25, -0.2) is 4.98 Å². The van der Waals surface area contributed by atoms with Crippen molar-refractivity contribution >= 4 is 22.2 Å². The number of aromatic nitrogens is 3.